The summed E-state index contributed by atoms with van der Waals surface area (Å²) in [5, 5.41) is 11.5. The van der Waals surface area contributed by atoms with Crippen LogP contribution in [0.15, 0.2) is 5.16 Å². The van der Waals surface area contributed by atoms with Gasteiger partial charge in [-0.25, -0.2) is 0 Å². The Morgan fingerprint density at radius 1 is 1.42 bits per heavy atom. The average molecular weight is 271 g/mol. The molecule has 0 saturated carbocycles. The van der Waals surface area contributed by atoms with Crippen molar-refractivity contribution in [2.45, 2.75) is 53.9 Å². The topological polar surface area (TPSA) is 78.9 Å². The maximum absolute atomic E-state index is 12.2. The lowest BCUT2D eigenvalue weighted by Gasteiger charge is -2.26. The van der Waals surface area contributed by atoms with Gasteiger partial charge < -0.3 is 15.8 Å². The SMILES string of the molecule is CCCN(CC(N)=NO)C(=O)CC(C)CC(C)(C)C. The fourth-order valence-corrected chi connectivity index (χ4v) is 2.33. The first kappa shape index (κ1) is 17.7. The zero-order valence-corrected chi connectivity index (χ0v) is 12.9. The van der Waals surface area contributed by atoms with Crippen molar-refractivity contribution in [2.75, 3.05) is 13.1 Å². The molecule has 0 radical (unpaired) electrons. The molecule has 0 aromatic rings. The van der Waals surface area contributed by atoms with Crippen molar-refractivity contribution in [1.82, 2.24) is 4.90 Å². The average Bonchev–Trinajstić information content (AvgIpc) is 2.25. The first-order chi connectivity index (χ1) is 8.69. The predicted molar refractivity (Wildman–Crippen MR) is 78.1 cm³/mol. The molecule has 0 aliphatic heterocycles. The Labute approximate surface area is 116 Å². The van der Waals surface area contributed by atoms with Gasteiger partial charge in [0.2, 0.25) is 5.91 Å². The largest absolute Gasteiger partial charge is 0.409 e. The third-order valence-corrected chi connectivity index (χ3v) is 2.81. The zero-order valence-electron chi connectivity index (χ0n) is 12.9. The summed E-state index contributed by atoms with van der Waals surface area (Å²) in [4.78, 5) is 13.9. The van der Waals surface area contributed by atoms with E-state index < -0.39 is 0 Å². The Hall–Kier alpha value is -1.26. The molecule has 0 aromatic carbocycles. The van der Waals surface area contributed by atoms with Gasteiger partial charge in [0.05, 0.1) is 6.54 Å². The van der Waals surface area contributed by atoms with E-state index in [0.29, 0.717) is 18.9 Å². The molecule has 0 heterocycles. The minimum atomic E-state index is 0.0743. The maximum Gasteiger partial charge on any atom is 0.223 e. The lowest BCUT2D eigenvalue weighted by atomic mass is 9.84. The minimum Gasteiger partial charge on any atom is -0.409 e. The molecule has 19 heavy (non-hydrogen) atoms. The van der Waals surface area contributed by atoms with Crippen LogP contribution in [0.1, 0.15) is 53.9 Å². The molecule has 3 N–H and O–H groups in total. The monoisotopic (exact) mass is 271 g/mol. The molecule has 1 atom stereocenters. The molecule has 112 valence electrons. The van der Waals surface area contributed by atoms with Crippen LogP contribution in [-0.2, 0) is 4.79 Å². The van der Waals surface area contributed by atoms with E-state index in [-0.39, 0.29) is 23.7 Å². The second-order valence-corrected chi connectivity index (χ2v) is 6.48. The van der Waals surface area contributed by atoms with Gasteiger partial charge >= 0.3 is 0 Å². The fraction of sp³-hybridized carbons (Fsp3) is 0.857. The second kappa shape index (κ2) is 8.02. The highest BCUT2D eigenvalue weighted by Gasteiger charge is 2.21. The normalized spacial score (nSPS) is 14.3. The summed E-state index contributed by atoms with van der Waals surface area (Å²) in [7, 11) is 0. The molecule has 0 aliphatic carbocycles. The van der Waals surface area contributed by atoms with Gasteiger partial charge in [-0.3, -0.25) is 4.79 Å². The second-order valence-electron chi connectivity index (χ2n) is 6.48. The number of hydrogen-bond donors (Lipinski definition) is 2. The van der Waals surface area contributed by atoms with Gasteiger partial charge in [-0.1, -0.05) is 39.8 Å². The highest BCUT2D eigenvalue weighted by Crippen LogP contribution is 2.26. The van der Waals surface area contributed by atoms with Gasteiger partial charge in [-0.05, 0) is 24.2 Å². The number of nitrogens with two attached hydrogens (primary N) is 1. The van der Waals surface area contributed by atoms with Crippen LogP contribution < -0.4 is 5.73 Å². The van der Waals surface area contributed by atoms with Crippen molar-refractivity contribution in [3.8, 4) is 0 Å². The first-order valence-corrected chi connectivity index (χ1v) is 6.93. The van der Waals surface area contributed by atoms with Gasteiger partial charge in [0.15, 0.2) is 5.84 Å². The van der Waals surface area contributed by atoms with E-state index in [4.69, 9.17) is 10.9 Å². The van der Waals surface area contributed by atoms with E-state index in [1.807, 2.05) is 6.92 Å². The Morgan fingerprint density at radius 2 is 2.00 bits per heavy atom. The Bertz CT molecular complexity index is 308. The van der Waals surface area contributed by atoms with Crippen molar-refractivity contribution in [2.24, 2.45) is 22.2 Å². The Kier molecular flexibility index (Phi) is 7.49. The van der Waals surface area contributed by atoms with Crippen LogP contribution in [0.2, 0.25) is 0 Å². The molecule has 0 rings (SSSR count). The lowest BCUT2D eigenvalue weighted by Crippen LogP contribution is -2.39. The van der Waals surface area contributed by atoms with Crippen LogP contribution in [-0.4, -0.2) is 34.9 Å². The standard InChI is InChI=1S/C14H29N3O2/c1-6-7-17(10-12(15)16-19)13(18)8-11(2)9-14(3,4)5/h11,19H,6-10H2,1-5H3,(H2,15,16). The van der Waals surface area contributed by atoms with Gasteiger partial charge in [0.25, 0.3) is 0 Å². The number of nitrogens with zero attached hydrogens (tertiary/aromatic N) is 2. The fourth-order valence-electron chi connectivity index (χ4n) is 2.33. The number of amides is 1. The lowest BCUT2D eigenvalue weighted by molar-refractivity contribution is -0.131. The maximum atomic E-state index is 12.2. The number of amidine groups is 1. The van der Waals surface area contributed by atoms with E-state index in [9.17, 15) is 4.79 Å². The zero-order chi connectivity index (χ0) is 15.1. The van der Waals surface area contributed by atoms with Crippen molar-refractivity contribution in [3.05, 3.63) is 0 Å². The molecule has 5 heteroatoms. The summed E-state index contributed by atoms with van der Waals surface area (Å²) >= 11 is 0. The van der Waals surface area contributed by atoms with E-state index >= 15 is 0 Å². The number of carbonyl (C=O) groups is 1. The quantitative estimate of drug-likeness (QED) is 0.323. The van der Waals surface area contributed by atoms with Crippen LogP contribution in [0, 0.1) is 11.3 Å². The minimum absolute atomic E-state index is 0.0743. The van der Waals surface area contributed by atoms with Gasteiger partial charge in [0, 0.05) is 13.0 Å². The van der Waals surface area contributed by atoms with Crippen molar-refractivity contribution in [1.29, 1.82) is 0 Å². The van der Waals surface area contributed by atoms with Crippen LogP contribution in [0.25, 0.3) is 0 Å². The van der Waals surface area contributed by atoms with Gasteiger partial charge in [-0.15, -0.1) is 0 Å². The Morgan fingerprint density at radius 3 is 2.42 bits per heavy atom. The number of rotatable bonds is 7. The summed E-state index contributed by atoms with van der Waals surface area (Å²) in [5.74, 6) is 0.481. The van der Waals surface area contributed by atoms with Gasteiger partial charge in [-0.2, -0.15) is 0 Å². The molecule has 5 nitrogen and oxygen atoms in total. The van der Waals surface area contributed by atoms with Crippen molar-refractivity contribution < 1.29 is 10.0 Å². The summed E-state index contributed by atoms with van der Waals surface area (Å²) < 4.78 is 0. The van der Waals surface area contributed by atoms with Gasteiger partial charge in [0.1, 0.15) is 0 Å². The third kappa shape index (κ3) is 8.46. The molecule has 0 aromatic heterocycles. The third-order valence-electron chi connectivity index (χ3n) is 2.81. The highest BCUT2D eigenvalue weighted by molar-refractivity contribution is 5.86. The summed E-state index contributed by atoms with van der Waals surface area (Å²) in [6.07, 6.45) is 2.37. The summed E-state index contributed by atoms with van der Waals surface area (Å²) in [6.45, 7) is 11.5. The molecular weight excluding hydrogens is 242 g/mol. The summed E-state index contributed by atoms with van der Waals surface area (Å²) in [5.41, 5.74) is 5.70. The van der Waals surface area contributed by atoms with Crippen molar-refractivity contribution >= 4 is 11.7 Å². The van der Waals surface area contributed by atoms with Crippen LogP contribution in [0.5, 0.6) is 0 Å². The molecule has 0 aliphatic rings. The number of hydrogen-bond acceptors (Lipinski definition) is 3. The van der Waals surface area contributed by atoms with E-state index in [0.717, 1.165) is 12.8 Å². The first-order valence-electron chi connectivity index (χ1n) is 6.93. The molecule has 0 spiro atoms. The van der Waals surface area contributed by atoms with Crippen LogP contribution in [0.4, 0.5) is 0 Å². The molecular formula is C14H29N3O2. The van der Waals surface area contributed by atoms with E-state index in [1.54, 1.807) is 4.90 Å². The molecule has 0 saturated heterocycles. The van der Waals surface area contributed by atoms with E-state index in [1.165, 1.54) is 0 Å². The molecule has 1 amide bonds. The predicted octanol–water partition coefficient (Wildman–Crippen LogP) is 2.43. The summed E-state index contributed by atoms with van der Waals surface area (Å²) in [6, 6.07) is 0. The van der Waals surface area contributed by atoms with Crippen LogP contribution >= 0.6 is 0 Å². The van der Waals surface area contributed by atoms with Crippen LogP contribution in [0.3, 0.4) is 0 Å². The Balaban J connectivity index is 4.47. The number of carbonyl (C=O) groups excluding carboxylic acids is 1. The highest BCUT2D eigenvalue weighted by atomic mass is 16.4. The molecule has 0 fully saturated rings. The van der Waals surface area contributed by atoms with E-state index in [2.05, 4.69) is 32.9 Å². The number of oxime groups is 1. The van der Waals surface area contributed by atoms with Crippen molar-refractivity contribution in [3.63, 3.8) is 0 Å². The smallest absolute Gasteiger partial charge is 0.223 e. The molecule has 1 unspecified atom stereocenters. The molecule has 0 bridgehead atoms.